The van der Waals surface area contributed by atoms with Crippen molar-refractivity contribution in [1.29, 1.82) is 0 Å². The lowest BCUT2D eigenvalue weighted by Gasteiger charge is -2.38. The first-order chi connectivity index (χ1) is 22.5. The van der Waals surface area contributed by atoms with Gasteiger partial charge in [-0.25, -0.2) is 4.79 Å². The number of ether oxygens (including phenoxy) is 1. The smallest absolute Gasteiger partial charge is 0.315 e. The predicted molar refractivity (Wildman–Crippen MR) is 185 cm³/mol. The van der Waals surface area contributed by atoms with Gasteiger partial charge in [-0.15, -0.1) is 0 Å². The van der Waals surface area contributed by atoms with Crippen LogP contribution in [0.15, 0.2) is 30.3 Å². The lowest BCUT2D eigenvalue weighted by Crippen LogP contribution is -2.62. The number of nitrogens with one attached hydrogen (secondary N) is 3. The van der Waals surface area contributed by atoms with E-state index in [9.17, 15) is 24.0 Å². The largest absolute Gasteiger partial charge is 0.375 e. The minimum absolute atomic E-state index is 0.0246. The van der Waals surface area contributed by atoms with Crippen molar-refractivity contribution >= 4 is 29.5 Å². The zero-order chi connectivity index (χ0) is 35.8. The summed E-state index contributed by atoms with van der Waals surface area (Å²) in [5.41, 5.74) is 5.34. The Labute approximate surface area is 286 Å². The van der Waals surface area contributed by atoms with Crippen molar-refractivity contribution in [1.82, 2.24) is 20.9 Å². The molecule has 3 fully saturated rings. The van der Waals surface area contributed by atoms with Gasteiger partial charge in [0.25, 0.3) is 5.91 Å². The lowest BCUT2D eigenvalue weighted by atomic mass is 9.80. The Kier molecular flexibility index (Phi) is 13.6. The number of Topliss-reactive ketones (excluding diaryl/α,β-unsaturated/α-hetero) is 1. The summed E-state index contributed by atoms with van der Waals surface area (Å²) in [5, 5.41) is 8.70. The molecule has 6 atom stereocenters. The molecule has 5 N–H and O–H groups in total. The van der Waals surface area contributed by atoms with E-state index in [-0.39, 0.29) is 41.7 Å². The summed E-state index contributed by atoms with van der Waals surface area (Å²) < 4.78 is 5.95. The summed E-state index contributed by atoms with van der Waals surface area (Å²) in [7, 11) is 0. The number of likely N-dealkylation sites (tertiary alicyclic amines) is 1. The lowest BCUT2D eigenvalue weighted by molar-refractivity contribution is -0.144. The zero-order valence-corrected chi connectivity index (χ0v) is 30.3. The van der Waals surface area contributed by atoms with Crippen LogP contribution in [0, 0.1) is 28.6 Å². The van der Waals surface area contributed by atoms with Crippen LogP contribution < -0.4 is 21.7 Å². The van der Waals surface area contributed by atoms with Gasteiger partial charge in [-0.1, -0.05) is 111 Å². The number of amides is 5. The standard InChI is InChI=1S/C34H51N5O6.C3H8/c1-33(2,3)25(19-45-18-21-11-8-7-9-12-21)37-32(44)38-28(34(4,5)6)31(43)39-17-22-16-23(22)26(39)30(42)36-24(27(40)29(35)41)15-20-13-10-14-20;1-3-2/h7-9,11-12,20,22-26,28H,10,13-19H2,1-6H3,(H2,35,41)(H,36,42)(H2,37,38,44);3H2,1-2H3/t22-,23-,24?,25+,26-,28+;/m0./s1. The van der Waals surface area contributed by atoms with Gasteiger partial charge >= 0.3 is 6.03 Å². The average Bonchev–Trinajstić information content (AvgIpc) is 3.64. The third kappa shape index (κ3) is 10.8. The van der Waals surface area contributed by atoms with Crippen molar-refractivity contribution in [3.8, 4) is 0 Å². The summed E-state index contributed by atoms with van der Waals surface area (Å²) in [6.45, 7) is 17.0. The van der Waals surface area contributed by atoms with Crippen LogP contribution in [0.25, 0.3) is 0 Å². The third-order valence-electron chi connectivity index (χ3n) is 9.51. The number of hydrogen-bond donors (Lipinski definition) is 4. The number of nitrogens with zero attached hydrogens (tertiary/aromatic N) is 1. The molecule has 1 aliphatic heterocycles. The predicted octanol–water partition coefficient (Wildman–Crippen LogP) is 4.32. The molecule has 11 nitrogen and oxygen atoms in total. The highest BCUT2D eigenvalue weighted by Crippen LogP contribution is 2.50. The number of benzene rings is 1. The van der Waals surface area contributed by atoms with Crippen LogP contribution in [0.4, 0.5) is 4.79 Å². The number of hydrogen-bond acceptors (Lipinski definition) is 6. The maximum Gasteiger partial charge on any atom is 0.315 e. The summed E-state index contributed by atoms with van der Waals surface area (Å²) >= 11 is 0. The number of urea groups is 1. The molecule has 3 aliphatic rings. The van der Waals surface area contributed by atoms with Gasteiger partial charge in [-0.3, -0.25) is 19.2 Å². The molecule has 0 bridgehead atoms. The van der Waals surface area contributed by atoms with E-state index >= 15 is 0 Å². The normalized spacial score (nSPS) is 22.1. The number of ketones is 1. The summed E-state index contributed by atoms with van der Waals surface area (Å²) in [6.07, 6.45) is 5.35. The minimum Gasteiger partial charge on any atom is -0.375 e. The second-order valence-corrected chi connectivity index (χ2v) is 16.0. The van der Waals surface area contributed by atoms with Crippen molar-refractivity contribution in [2.24, 2.45) is 34.3 Å². The number of carbonyl (C=O) groups excluding carboxylic acids is 5. The van der Waals surface area contributed by atoms with Gasteiger partial charge in [-0.05, 0) is 47.0 Å². The molecule has 11 heteroatoms. The van der Waals surface area contributed by atoms with Crippen molar-refractivity contribution in [2.45, 2.75) is 125 Å². The number of primary amides is 1. The molecule has 48 heavy (non-hydrogen) atoms. The Hall–Kier alpha value is -3.47. The molecule has 5 amide bonds. The first-order valence-electron chi connectivity index (χ1n) is 17.6. The minimum atomic E-state index is -1.08. The Morgan fingerprint density at radius 1 is 0.938 bits per heavy atom. The van der Waals surface area contributed by atoms with Gasteiger partial charge in [0.05, 0.1) is 25.3 Å². The molecule has 1 heterocycles. The molecule has 1 aromatic carbocycles. The molecule has 0 spiro atoms. The van der Waals surface area contributed by atoms with Crippen LogP contribution in [0.2, 0.25) is 0 Å². The SMILES string of the molecule is CC(C)(C)[C@H](NC(=O)N[C@H](COCc1ccccc1)C(C)(C)C)C(=O)N1C[C@@H]2C[C@@H]2[C@H]1C(=O)NC(CC1CCC1)C(=O)C(N)=O.CCC. The van der Waals surface area contributed by atoms with Gasteiger partial charge < -0.3 is 31.3 Å². The Morgan fingerprint density at radius 2 is 1.56 bits per heavy atom. The Bertz CT molecular complexity index is 1270. The highest BCUT2D eigenvalue weighted by atomic mass is 16.5. The van der Waals surface area contributed by atoms with Crippen LogP contribution >= 0.6 is 0 Å². The fraction of sp³-hybridized carbons (Fsp3) is 0.703. The average molecular weight is 670 g/mol. The van der Waals surface area contributed by atoms with E-state index in [2.05, 4.69) is 29.8 Å². The van der Waals surface area contributed by atoms with Crippen molar-refractivity contribution in [2.75, 3.05) is 13.2 Å². The topological polar surface area (TPSA) is 160 Å². The van der Waals surface area contributed by atoms with Crippen LogP contribution in [0.1, 0.15) is 99.5 Å². The van der Waals surface area contributed by atoms with Crippen LogP contribution in [-0.4, -0.2) is 71.8 Å². The van der Waals surface area contributed by atoms with Gasteiger partial charge in [-0.2, -0.15) is 0 Å². The van der Waals surface area contributed by atoms with Gasteiger partial charge in [0.15, 0.2) is 0 Å². The maximum atomic E-state index is 14.1. The van der Waals surface area contributed by atoms with E-state index in [0.717, 1.165) is 31.2 Å². The molecule has 1 saturated heterocycles. The van der Waals surface area contributed by atoms with Gasteiger partial charge in [0.1, 0.15) is 12.1 Å². The van der Waals surface area contributed by atoms with Crippen molar-refractivity contribution in [3.05, 3.63) is 35.9 Å². The highest BCUT2D eigenvalue weighted by Gasteiger charge is 2.58. The van der Waals surface area contributed by atoms with Crippen LogP contribution in [0.3, 0.4) is 0 Å². The van der Waals surface area contributed by atoms with Crippen LogP contribution in [0.5, 0.6) is 0 Å². The summed E-state index contributed by atoms with van der Waals surface area (Å²) in [6, 6.07) is 6.24. The molecule has 2 aliphatic carbocycles. The van der Waals surface area contributed by atoms with E-state index in [4.69, 9.17) is 10.5 Å². The van der Waals surface area contributed by atoms with Gasteiger partial charge in [0.2, 0.25) is 17.6 Å². The third-order valence-corrected chi connectivity index (χ3v) is 9.51. The van der Waals surface area contributed by atoms with E-state index in [1.54, 1.807) is 4.90 Å². The molecule has 0 radical (unpaired) electrons. The highest BCUT2D eigenvalue weighted by molar-refractivity contribution is 6.37. The molecule has 268 valence electrons. The first-order valence-corrected chi connectivity index (χ1v) is 17.6. The van der Waals surface area contributed by atoms with E-state index < -0.39 is 47.2 Å². The van der Waals surface area contributed by atoms with Crippen molar-refractivity contribution < 1.29 is 28.7 Å². The van der Waals surface area contributed by atoms with E-state index in [1.165, 1.54) is 6.42 Å². The fourth-order valence-electron chi connectivity index (χ4n) is 6.27. The fourth-order valence-corrected chi connectivity index (χ4v) is 6.27. The number of fused-ring (bicyclic) bond motifs is 1. The molecule has 2 saturated carbocycles. The van der Waals surface area contributed by atoms with Crippen LogP contribution in [-0.2, 0) is 30.5 Å². The molecule has 0 aromatic heterocycles. The van der Waals surface area contributed by atoms with Crippen molar-refractivity contribution in [3.63, 3.8) is 0 Å². The summed E-state index contributed by atoms with van der Waals surface area (Å²) in [4.78, 5) is 67.1. The van der Waals surface area contributed by atoms with E-state index in [0.29, 0.717) is 19.6 Å². The number of rotatable bonds is 13. The molecule has 1 unspecified atom stereocenters. The number of piperidine rings is 1. The molecule has 1 aromatic rings. The Morgan fingerprint density at radius 3 is 2.08 bits per heavy atom. The quantitative estimate of drug-likeness (QED) is 0.229. The first kappa shape index (κ1) is 39.0. The maximum absolute atomic E-state index is 14.1. The van der Waals surface area contributed by atoms with Gasteiger partial charge in [0, 0.05) is 6.54 Å². The molecule has 4 rings (SSSR count). The monoisotopic (exact) mass is 669 g/mol. The molecular weight excluding hydrogens is 610 g/mol. The summed E-state index contributed by atoms with van der Waals surface area (Å²) in [5.74, 6) is -2.29. The zero-order valence-electron chi connectivity index (χ0n) is 30.3. The second-order valence-electron chi connectivity index (χ2n) is 16.0. The number of nitrogens with two attached hydrogens (primary N) is 1. The number of carbonyl (C=O) groups is 5. The van der Waals surface area contributed by atoms with E-state index in [1.807, 2.05) is 71.9 Å². The second kappa shape index (κ2) is 16.8. The molecular formula is C37H59N5O6. The Balaban J connectivity index is 0.00000201.